The van der Waals surface area contributed by atoms with E-state index in [4.69, 9.17) is 16.3 Å². The number of hydrogen-bond acceptors (Lipinski definition) is 6. The fraction of sp³-hybridized carbons (Fsp3) is 0.211. The molecule has 0 aliphatic heterocycles. The van der Waals surface area contributed by atoms with Crippen LogP contribution in [0.4, 0.5) is 5.69 Å². The minimum absolute atomic E-state index is 0.0301. The molecule has 0 aliphatic carbocycles. The molecule has 0 unspecified atom stereocenters. The van der Waals surface area contributed by atoms with Crippen molar-refractivity contribution >= 4 is 29.1 Å². The first kappa shape index (κ1) is 19.3. The van der Waals surface area contributed by atoms with Crippen molar-refractivity contribution in [3.05, 3.63) is 75.8 Å². The van der Waals surface area contributed by atoms with Gasteiger partial charge in [0.25, 0.3) is 11.4 Å². The van der Waals surface area contributed by atoms with Crippen molar-refractivity contribution in [3.8, 4) is 5.88 Å². The molecule has 0 radical (unpaired) electrons. The number of halogens is 1. The first-order chi connectivity index (χ1) is 13.2. The zero-order valence-corrected chi connectivity index (χ0v) is 16.1. The number of thioether (sulfide) groups is 1. The Morgan fingerprint density at radius 3 is 2.81 bits per heavy atom. The van der Waals surface area contributed by atoms with E-state index in [2.05, 4.69) is 32.6 Å². The summed E-state index contributed by atoms with van der Waals surface area (Å²) >= 11 is 7.90. The Kier molecular flexibility index (Phi) is 7.12. The summed E-state index contributed by atoms with van der Waals surface area (Å²) < 4.78 is 5.74. The summed E-state index contributed by atoms with van der Waals surface area (Å²) in [5, 5.41) is 9.48. The summed E-state index contributed by atoms with van der Waals surface area (Å²) in [6.07, 6.45) is 4.27. The van der Waals surface area contributed by atoms with Gasteiger partial charge in [-0.1, -0.05) is 35.9 Å². The number of benzene rings is 1. The highest BCUT2D eigenvalue weighted by Gasteiger charge is 2.14. The normalized spacial score (nSPS) is 10.6. The molecule has 0 atom stereocenters. The highest BCUT2D eigenvalue weighted by Crippen LogP contribution is 2.27. The van der Waals surface area contributed by atoms with Gasteiger partial charge in [0.1, 0.15) is 10.7 Å². The Morgan fingerprint density at radius 2 is 2.04 bits per heavy atom. The molecule has 3 rings (SSSR count). The number of nitrogens with zero attached hydrogens (tertiary/aromatic N) is 2. The molecule has 27 heavy (non-hydrogen) atoms. The van der Waals surface area contributed by atoms with Crippen LogP contribution in [0.5, 0.6) is 5.88 Å². The lowest BCUT2D eigenvalue weighted by Gasteiger charge is -2.13. The van der Waals surface area contributed by atoms with Gasteiger partial charge in [-0.15, -0.1) is 16.9 Å². The van der Waals surface area contributed by atoms with E-state index in [0.717, 1.165) is 17.7 Å². The molecule has 2 heterocycles. The van der Waals surface area contributed by atoms with Gasteiger partial charge in [-0.3, -0.25) is 9.78 Å². The summed E-state index contributed by atoms with van der Waals surface area (Å²) in [5.74, 6) is 1.20. The topological polar surface area (TPSA) is 79.9 Å². The van der Waals surface area contributed by atoms with Gasteiger partial charge in [-0.25, -0.2) is 5.10 Å². The molecule has 0 bridgehead atoms. The minimum atomic E-state index is -0.461. The standard InChI is InChI=1S/C19H19ClN4O2S/c20-16-17(22-13-14-6-4-9-21-12-14)19(24-23-18(16)25)26-10-5-11-27-15-7-2-1-3-8-15/h1-4,6-9,12H,5,10-11,13H2,(H2,22,23,25). The van der Waals surface area contributed by atoms with Crippen LogP contribution in [0.3, 0.4) is 0 Å². The quantitative estimate of drug-likeness (QED) is 0.416. The number of hydrogen-bond donors (Lipinski definition) is 2. The van der Waals surface area contributed by atoms with E-state index in [1.54, 1.807) is 24.2 Å². The summed E-state index contributed by atoms with van der Waals surface area (Å²) in [4.78, 5) is 17.1. The smallest absolute Gasteiger partial charge is 0.285 e. The number of ether oxygens (including phenoxy) is 1. The Labute approximate surface area is 166 Å². The van der Waals surface area contributed by atoms with Crippen LogP contribution >= 0.6 is 23.4 Å². The lowest BCUT2D eigenvalue weighted by Crippen LogP contribution is -2.15. The van der Waals surface area contributed by atoms with E-state index < -0.39 is 5.56 Å². The third-order valence-electron chi connectivity index (χ3n) is 3.62. The van der Waals surface area contributed by atoms with Crippen LogP contribution in [-0.4, -0.2) is 27.5 Å². The predicted molar refractivity (Wildman–Crippen MR) is 109 cm³/mol. The Balaban J connectivity index is 1.56. The van der Waals surface area contributed by atoms with Crippen LogP contribution in [0.1, 0.15) is 12.0 Å². The first-order valence-corrected chi connectivity index (χ1v) is 9.82. The van der Waals surface area contributed by atoms with Crippen LogP contribution in [0.2, 0.25) is 5.02 Å². The summed E-state index contributed by atoms with van der Waals surface area (Å²) in [5.41, 5.74) is 0.886. The van der Waals surface area contributed by atoms with Crippen LogP contribution < -0.4 is 15.6 Å². The van der Waals surface area contributed by atoms with Gasteiger partial charge in [0.2, 0.25) is 0 Å². The average molecular weight is 403 g/mol. The van der Waals surface area contributed by atoms with E-state index in [-0.39, 0.29) is 10.9 Å². The van der Waals surface area contributed by atoms with E-state index >= 15 is 0 Å². The highest BCUT2D eigenvalue weighted by molar-refractivity contribution is 7.99. The third kappa shape index (κ3) is 5.74. The number of pyridine rings is 1. The van der Waals surface area contributed by atoms with Crippen molar-refractivity contribution < 1.29 is 4.74 Å². The monoisotopic (exact) mass is 402 g/mol. The van der Waals surface area contributed by atoms with E-state index in [1.807, 2.05) is 30.3 Å². The fourth-order valence-electron chi connectivity index (χ4n) is 2.30. The predicted octanol–water partition coefficient (Wildman–Crippen LogP) is 3.99. The van der Waals surface area contributed by atoms with Crippen molar-refractivity contribution in [2.24, 2.45) is 0 Å². The molecule has 0 aliphatic rings. The highest BCUT2D eigenvalue weighted by atomic mass is 35.5. The number of anilines is 1. The van der Waals surface area contributed by atoms with Crippen molar-refractivity contribution in [3.63, 3.8) is 0 Å². The lowest BCUT2D eigenvalue weighted by atomic mass is 10.3. The molecule has 2 aromatic heterocycles. The molecule has 0 spiro atoms. The van der Waals surface area contributed by atoms with Crippen LogP contribution in [0.15, 0.2) is 64.5 Å². The molecular formula is C19H19ClN4O2S. The molecular weight excluding hydrogens is 384 g/mol. The second kappa shape index (κ2) is 9.99. The maximum absolute atomic E-state index is 11.8. The van der Waals surface area contributed by atoms with Crippen molar-refractivity contribution in [2.75, 3.05) is 17.7 Å². The molecule has 0 saturated carbocycles. The molecule has 3 aromatic rings. The molecule has 2 N–H and O–H groups in total. The first-order valence-electron chi connectivity index (χ1n) is 8.45. The van der Waals surface area contributed by atoms with Crippen molar-refractivity contribution in [1.29, 1.82) is 0 Å². The number of aromatic amines is 1. The number of nitrogens with one attached hydrogen (secondary N) is 2. The van der Waals surface area contributed by atoms with Crippen LogP contribution in [0.25, 0.3) is 0 Å². The summed E-state index contributed by atoms with van der Waals surface area (Å²) in [6, 6.07) is 14.0. The molecule has 0 fully saturated rings. The SMILES string of the molecule is O=c1[nH]nc(OCCCSc2ccccc2)c(NCc2cccnc2)c1Cl. The van der Waals surface area contributed by atoms with Gasteiger partial charge in [-0.2, -0.15) is 0 Å². The van der Waals surface area contributed by atoms with Gasteiger partial charge in [-0.05, 0) is 30.2 Å². The Hall–Kier alpha value is -2.51. The van der Waals surface area contributed by atoms with Gasteiger partial charge < -0.3 is 10.1 Å². The zero-order chi connectivity index (χ0) is 18.9. The number of rotatable bonds is 9. The van der Waals surface area contributed by atoms with Gasteiger partial charge >= 0.3 is 0 Å². The molecule has 140 valence electrons. The fourth-order valence-corrected chi connectivity index (χ4v) is 3.34. The molecule has 0 amide bonds. The summed E-state index contributed by atoms with van der Waals surface area (Å²) in [6.45, 7) is 0.926. The van der Waals surface area contributed by atoms with Gasteiger partial charge in [0.05, 0.1) is 6.61 Å². The van der Waals surface area contributed by atoms with Crippen molar-refractivity contribution in [1.82, 2.24) is 15.2 Å². The van der Waals surface area contributed by atoms with Crippen molar-refractivity contribution in [2.45, 2.75) is 17.9 Å². The second-order valence-electron chi connectivity index (χ2n) is 5.63. The second-order valence-corrected chi connectivity index (χ2v) is 7.17. The minimum Gasteiger partial charge on any atom is -0.475 e. The van der Waals surface area contributed by atoms with E-state index in [1.165, 1.54) is 4.90 Å². The lowest BCUT2D eigenvalue weighted by molar-refractivity contribution is 0.304. The van der Waals surface area contributed by atoms with Crippen LogP contribution in [-0.2, 0) is 6.54 Å². The number of H-pyrrole nitrogens is 1. The zero-order valence-electron chi connectivity index (χ0n) is 14.5. The largest absolute Gasteiger partial charge is 0.475 e. The maximum atomic E-state index is 11.8. The van der Waals surface area contributed by atoms with Gasteiger partial charge in [0.15, 0.2) is 0 Å². The molecule has 6 nitrogen and oxygen atoms in total. The molecule has 8 heteroatoms. The maximum Gasteiger partial charge on any atom is 0.285 e. The van der Waals surface area contributed by atoms with E-state index in [0.29, 0.717) is 18.8 Å². The third-order valence-corrected chi connectivity index (χ3v) is 5.08. The molecule has 1 aromatic carbocycles. The van der Waals surface area contributed by atoms with E-state index in [9.17, 15) is 4.79 Å². The average Bonchev–Trinajstić information content (AvgIpc) is 2.71. The Bertz CT molecular complexity index is 907. The van der Waals surface area contributed by atoms with Crippen LogP contribution in [0, 0.1) is 0 Å². The summed E-state index contributed by atoms with van der Waals surface area (Å²) in [7, 11) is 0. The number of aromatic nitrogens is 3. The Morgan fingerprint density at radius 1 is 1.19 bits per heavy atom. The molecule has 0 saturated heterocycles. The van der Waals surface area contributed by atoms with Gasteiger partial charge in [0, 0.05) is 29.6 Å².